The lowest BCUT2D eigenvalue weighted by atomic mass is 9.84. The number of ether oxygens (including phenoxy) is 1. The Bertz CT molecular complexity index is 640. The van der Waals surface area contributed by atoms with Gasteiger partial charge in [0, 0.05) is 24.7 Å². The number of rotatable bonds is 6. The molecule has 1 N–H and O–H groups in total. The molecule has 2 amide bonds. The maximum atomic E-state index is 12.7. The molecule has 1 aliphatic carbocycles. The van der Waals surface area contributed by atoms with Gasteiger partial charge >= 0.3 is 0 Å². The predicted molar refractivity (Wildman–Crippen MR) is 97.6 cm³/mol. The molecule has 1 aromatic rings. The van der Waals surface area contributed by atoms with E-state index < -0.39 is 5.54 Å². The smallest absolute Gasteiger partial charge is 0.250 e. The molecule has 25 heavy (non-hydrogen) atoms. The van der Waals surface area contributed by atoms with Crippen LogP contribution >= 0.6 is 0 Å². The van der Waals surface area contributed by atoms with Crippen LogP contribution in [0.5, 0.6) is 5.75 Å². The number of anilines is 1. The molecule has 2 aliphatic rings. The Labute approximate surface area is 149 Å². The lowest BCUT2D eigenvalue weighted by Gasteiger charge is -2.49. The molecule has 5 heteroatoms. The first kappa shape index (κ1) is 17.8. The Hall–Kier alpha value is -2.04. The van der Waals surface area contributed by atoms with Crippen molar-refractivity contribution in [3.63, 3.8) is 0 Å². The summed E-state index contributed by atoms with van der Waals surface area (Å²) in [4.78, 5) is 27.1. The summed E-state index contributed by atoms with van der Waals surface area (Å²) in [7, 11) is 1.60. The van der Waals surface area contributed by atoms with Crippen LogP contribution in [0.15, 0.2) is 24.3 Å². The normalized spacial score (nSPS) is 23.2. The maximum Gasteiger partial charge on any atom is 0.250 e. The van der Waals surface area contributed by atoms with Crippen molar-refractivity contribution < 1.29 is 14.3 Å². The van der Waals surface area contributed by atoms with Crippen molar-refractivity contribution >= 4 is 17.5 Å². The molecule has 1 unspecified atom stereocenters. The van der Waals surface area contributed by atoms with Crippen LogP contribution in [0.1, 0.15) is 51.9 Å². The molecule has 1 aromatic carbocycles. The van der Waals surface area contributed by atoms with Gasteiger partial charge in [0.2, 0.25) is 11.8 Å². The molecule has 3 rings (SSSR count). The molecule has 1 atom stereocenters. The summed E-state index contributed by atoms with van der Waals surface area (Å²) < 4.78 is 5.19. The van der Waals surface area contributed by atoms with E-state index in [9.17, 15) is 9.59 Å². The third kappa shape index (κ3) is 3.80. The molecule has 0 aromatic heterocycles. The number of likely N-dealkylation sites (tertiary alicyclic amines) is 1. The third-order valence-corrected chi connectivity index (χ3v) is 5.78. The van der Waals surface area contributed by atoms with Gasteiger partial charge in [-0.2, -0.15) is 0 Å². The number of benzene rings is 1. The van der Waals surface area contributed by atoms with Crippen LogP contribution in [0, 0.1) is 5.92 Å². The van der Waals surface area contributed by atoms with Gasteiger partial charge in [0.05, 0.1) is 7.11 Å². The van der Waals surface area contributed by atoms with Crippen LogP contribution < -0.4 is 10.1 Å². The molecule has 1 saturated heterocycles. The van der Waals surface area contributed by atoms with Gasteiger partial charge < -0.3 is 15.0 Å². The van der Waals surface area contributed by atoms with Crippen molar-refractivity contribution in [1.82, 2.24) is 4.90 Å². The highest BCUT2D eigenvalue weighted by molar-refractivity contribution is 6.01. The van der Waals surface area contributed by atoms with E-state index in [1.54, 1.807) is 18.1 Å². The van der Waals surface area contributed by atoms with Crippen molar-refractivity contribution in [2.24, 2.45) is 5.92 Å². The second kappa shape index (κ2) is 7.46. The second-order valence-corrected chi connectivity index (χ2v) is 7.44. The van der Waals surface area contributed by atoms with Crippen LogP contribution in [-0.2, 0) is 9.59 Å². The number of nitrogens with zero attached hydrogens (tertiary/aromatic N) is 1. The average Bonchev–Trinajstić information content (AvgIpc) is 3.12. The molecule has 1 heterocycles. The number of amides is 2. The summed E-state index contributed by atoms with van der Waals surface area (Å²) in [5.74, 6) is 1.38. The van der Waals surface area contributed by atoms with Gasteiger partial charge in [-0.1, -0.05) is 31.7 Å². The molecule has 136 valence electrons. The van der Waals surface area contributed by atoms with Gasteiger partial charge in [-0.15, -0.1) is 0 Å². The zero-order chi connectivity index (χ0) is 17.9. The van der Waals surface area contributed by atoms with E-state index in [4.69, 9.17) is 4.74 Å². The lowest BCUT2D eigenvalue weighted by Crippen LogP contribution is -2.66. The minimum Gasteiger partial charge on any atom is -0.497 e. The molecule has 0 radical (unpaired) electrons. The number of methoxy groups -OCH3 is 1. The van der Waals surface area contributed by atoms with Gasteiger partial charge in [0.1, 0.15) is 11.3 Å². The van der Waals surface area contributed by atoms with Crippen molar-refractivity contribution in [2.75, 3.05) is 19.0 Å². The standard InChI is InChI=1S/C20H28N2O3/c1-20(19(24)21-16-8-5-9-17(14-16)25-2)12-13-22(20)18(23)11-10-15-6-3-4-7-15/h5,8-9,14-15H,3-4,6-7,10-13H2,1-2H3,(H,21,24). The summed E-state index contributed by atoms with van der Waals surface area (Å²) in [6.07, 6.45) is 7.32. The third-order valence-electron chi connectivity index (χ3n) is 5.78. The Morgan fingerprint density at radius 2 is 2.08 bits per heavy atom. The van der Waals surface area contributed by atoms with Crippen molar-refractivity contribution in [1.29, 1.82) is 0 Å². The van der Waals surface area contributed by atoms with Crippen LogP contribution in [-0.4, -0.2) is 35.9 Å². The summed E-state index contributed by atoms with van der Waals surface area (Å²) in [5.41, 5.74) is -0.0497. The van der Waals surface area contributed by atoms with Crippen molar-refractivity contribution in [2.45, 2.75) is 57.4 Å². The van der Waals surface area contributed by atoms with Gasteiger partial charge in [-0.25, -0.2) is 0 Å². The zero-order valence-electron chi connectivity index (χ0n) is 15.2. The highest BCUT2D eigenvalue weighted by Crippen LogP contribution is 2.34. The first-order valence-electron chi connectivity index (χ1n) is 9.29. The molecule has 2 fully saturated rings. The summed E-state index contributed by atoms with van der Waals surface area (Å²) in [5, 5.41) is 2.93. The number of hydrogen-bond acceptors (Lipinski definition) is 3. The zero-order valence-corrected chi connectivity index (χ0v) is 15.2. The van der Waals surface area contributed by atoms with Gasteiger partial charge in [-0.3, -0.25) is 9.59 Å². The molecule has 5 nitrogen and oxygen atoms in total. The number of nitrogens with one attached hydrogen (secondary N) is 1. The Morgan fingerprint density at radius 3 is 2.72 bits per heavy atom. The topological polar surface area (TPSA) is 58.6 Å². The Kier molecular flexibility index (Phi) is 5.30. The van der Waals surface area contributed by atoms with E-state index >= 15 is 0 Å². The van der Waals surface area contributed by atoms with Crippen molar-refractivity contribution in [3.05, 3.63) is 24.3 Å². The van der Waals surface area contributed by atoms with E-state index in [0.29, 0.717) is 36.7 Å². The summed E-state index contributed by atoms with van der Waals surface area (Å²) in [6, 6.07) is 7.28. The summed E-state index contributed by atoms with van der Waals surface area (Å²) in [6.45, 7) is 2.53. The van der Waals surface area contributed by atoms with Gasteiger partial charge in [0.15, 0.2) is 0 Å². The van der Waals surface area contributed by atoms with E-state index in [1.165, 1.54) is 25.7 Å². The number of carbonyl (C=O) groups is 2. The predicted octanol–water partition coefficient (Wildman–Crippen LogP) is 3.60. The SMILES string of the molecule is COc1cccc(NC(=O)C2(C)CCN2C(=O)CCC2CCCC2)c1. The number of carbonyl (C=O) groups excluding carboxylic acids is 2. The largest absolute Gasteiger partial charge is 0.497 e. The number of hydrogen-bond donors (Lipinski definition) is 1. The Balaban J connectivity index is 1.57. The molecular formula is C20H28N2O3. The highest BCUT2D eigenvalue weighted by Gasteiger charge is 2.49. The van der Waals surface area contributed by atoms with E-state index in [-0.39, 0.29) is 11.8 Å². The van der Waals surface area contributed by atoms with Gasteiger partial charge in [-0.05, 0) is 37.8 Å². The Morgan fingerprint density at radius 1 is 1.32 bits per heavy atom. The molecular weight excluding hydrogens is 316 g/mol. The fraction of sp³-hybridized carbons (Fsp3) is 0.600. The van der Waals surface area contributed by atoms with E-state index in [0.717, 1.165) is 6.42 Å². The van der Waals surface area contributed by atoms with Crippen LogP contribution in [0.3, 0.4) is 0 Å². The van der Waals surface area contributed by atoms with Crippen LogP contribution in [0.4, 0.5) is 5.69 Å². The minimum absolute atomic E-state index is 0.112. The first-order valence-corrected chi connectivity index (χ1v) is 9.29. The second-order valence-electron chi connectivity index (χ2n) is 7.44. The molecule has 0 bridgehead atoms. The molecule has 1 aliphatic heterocycles. The van der Waals surface area contributed by atoms with Gasteiger partial charge in [0.25, 0.3) is 0 Å². The fourth-order valence-corrected chi connectivity index (χ4v) is 3.92. The lowest BCUT2D eigenvalue weighted by molar-refractivity contribution is -0.155. The van der Waals surface area contributed by atoms with Crippen LogP contribution in [0.2, 0.25) is 0 Å². The van der Waals surface area contributed by atoms with E-state index in [2.05, 4.69) is 5.32 Å². The van der Waals surface area contributed by atoms with Crippen molar-refractivity contribution in [3.8, 4) is 5.75 Å². The highest BCUT2D eigenvalue weighted by atomic mass is 16.5. The molecule has 0 spiro atoms. The maximum absolute atomic E-state index is 12.7. The van der Waals surface area contributed by atoms with Crippen LogP contribution in [0.25, 0.3) is 0 Å². The monoisotopic (exact) mass is 344 g/mol. The molecule has 1 saturated carbocycles. The fourth-order valence-electron chi connectivity index (χ4n) is 3.92. The first-order chi connectivity index (χ1) is 12.0. The van der Waals surface area contributed by atoms with E-state index in [1.807, 2.05) is 25.1 Å². The summed E-state index contributed by atoms with van der Waals surface area (Å²) >= 11 is 0. The average molecular weight is 344 g/mol. The minimum atomic E-state index is -0.740. The quantitative estimate of drug-likeness (QED) is 0.858.